The zero-order chi connectivity index (χ0) is 12.3. The van der Waals surface area contributed by atoms with Crippen LogP contribution in [0.15, 0.2) is 18.3 Å². The molecule has 0 fully saturated rings. The Kier molecular flexibility index (Phi) is 4.27. The summed E-state index contributed by atoms with van der Waals surface area (Å²) in [6, 6.07) is 4.13. The maximum absolute atomic E-state index is 6.18. The molecule has 16 heavy (non-hydrogen) atoms. The molecule has 0 spiro atoms. The maximum atomic E-state index is 6.18. The summed E-state index contributed by atoms with van der Waals surface area (Å²) >= 11 is 0. The number of nitrogens with zero attached hydrogens (tertiary/aromatic N) is 1. The van der Waals surface area contributed by atoms with E-state index in [0.717, 1.165) is 5.69 Å². The molecule has 2 nitrogen and oxygen atoms in total. The van der Waals surface area contributed by atoms with Gasteiger partial charge in [-0.1, -0.05) is 26.8 Å². The number of rotatable bonds is 3. The first-order valence-electron chi connectivity index (χ1n) is 5.89. The standard InChI is InChI=1S/C13H23NOSi/c1-10-11(8-7-9-14-10)12(13(2,3)4)15-16(5)6/h7-9,12,16H,1-6H3. The topological polar surface area (TPSA) is 22.1 Å². The second-order valence-electron chi connectivity index (χ2n) is 5.61. The Morgan fingerprint density at radius 1 is 1.31 bits per heavy atom. The summed E-state index contributed by atoms with van der Waals surface area (Å²) in [6.07, 6.45) is 2.00. The highest BCUT2D eigenvalue weighted by molar-refractivity contribution is 6.48. The van der Waals surface area contributed by atoms with Gasteiger partial charge in [-0.05, 0) is 31.5 Å². The van der Waals surface area contributed by atoms with Crippen LogP contribution in [0.2, 0.25) is 13.1 Å². The lowest BCUT2D eigenvalue weighted by atomic mass is 9.84. The van der Waals surface area contributed by atoms with Crippen molar-refractivity contribution in [3.05, 3.63) is 29.6 Å². The van der Waals surface area contributed by atoms with Crippen LogP contribution >= 0.6 is 0 Å². The molecule has 0 aromatic carbocycles. The van der Waals surface area contributed by atoms with E-state index in [0.29, 0.717) is 0 Å². The molecular formula is C13H23NOSi. The van der Waals surface area contributed by atoms with Crippen LogP contribution in [0.4, 0.5) is 0 Å². The fourth-order valence-corrected chi connectivity index (χ4v) is 2.89. The van der Waals surface area contributed by atoms with Crippen molar-refractivity contribution in [3.8, 4) is 0 Å². The van der Waals surface area contributed by atoms with Gasteiger partial charge in [-0.3, -0.25) is 4.98 Å². The van der Waals surface area contributed by atoms with E-state index in [9.17, 15) is 0 Å². The molecule has 0 aliphatic heterocycles. The Balaban J connectivity index is 3.07. The number of hydrogen-bond donors (Lipinski definition) is 0. The van der Waals surface area contributed by atoms with Crippen molar-refractivity contribution in [2.24, 2.45) is 5.41 Å². The predicted octanol–water partition coefficient (Wildman–Crippen LogP) is 3.48. The molecule has 0 bridgehead atoms. The number of pyridine rings is 1. The summed E-state index contributed by atoms with van der Waals surface area (Å²) in [5, 5.41) is 0. The lowest BCUT2D eigenvalue weighted by Crippen LogP contribution is -2.26. The Bertz CT molecular complexity index is 344. The molecule has 1 aromatic rings. The van der Waals surface area contributed by atoms with Gasteiger partial charge in [0.25, 0.3) is 0 Å². The van der Waals surface area contributed by atoms with E-state index in [1.807, 2.05) is 12.3 Å². The molecule has 1 rings (SSSR count). The van der Waals surface area contributed by atoms with E-state index in [1.54, 1.807) is 0 Å². The van der Waals surface area contributed by atoms with E-state index < -0.39 is 9.04 Å². The van der Waals surface area contributed by atoms with Gasteiger partial charge in [0.05, 0.1) is 6.10 Å². The minimum absolute atomic E-state index is 0.116. The third-order valence-corrected chi connectivity index (χ3v) is 3.34. The van der Waals surface area contributed by atoms with Crippen molar-refractivity contribution >= 4 is 9.04 Å². The first kappa shape index (κ1) is 13.4. The quantitative estimate of drug-likeness (QED) is 0.751. The summed E-state index contributed by atoms with van der Waals surface area (Å²) < 4.78 is 6.18. The molecule has 0 radical (unpaired) electrons. The molecule has 90 valence electrons. The summed E-state index contributed by atoms with van der Waals surface area (Å²) in [7, 11) is -1.05. The lowest BCUT2D eigenvalue weighted by Gasteiger charge is -2.33. The van der Waals surface area contributed by atoms with E-state index in [4.69, 9.17) is 4.43 Å². The van der Waals surface area contributed by atoms with Crippen LogP contribution in [0.3, 0.4) is 0 Å². The lowest BCUT2D eigenvalue weighted by molar-refractivity contribution is 0.0856. The third kappa shape index (κ3) is 3.42. The fraction of sp³-hybridized carbons (Fsp3) is 0.615. The van der Waals surface area contributed by atoms with E-state index in [1.165, 1.54) is 5.56 Å². The molecular weight excluding hydrogens is 214 g/mol. The van der Waals surface area contributed by atoms with Crippen molar-refractivity contribution in [3.63, 3.8) is 0 Å². The predicted molar refractivity (Wildman–Crippen MR) is 71.1 cm³/mol. The summed E-state index contributed by atoms with van der Waals surface area (Å²) in [5.41, 5.74) is 2.43. The molecule has 0 saturated carbocycles. The van der Waals surface area contributed by atoms with Crippen molar-refractivity contribution in [1.29, 1.82) is 0 Å². The van der Waals surface area contributed by atoms with Gasteiger partial charge in [-0.2, -0.15) is 0 Å². The van der Waals surface area contributed by atoms with Gasteiger partial charge in [0.15, 0.2) is 9.04 Å². The summed E-state index contributed by atoms with van der Waals surface area (Å²) in [6.45, 7) is 13.1. The number of aryl methyl sites for hydroxylation is 1. The Morgan fingerprint density at radius 2 is 1.94 bits per heavy atom. The first-order chi connectivity index (χ1) is 7.32. The molecule has 1 aromatic heterocycles. The van der Waals surface area contributed by atoms with Gasteiger partial charge in [0.2, 0.25) is 0 Å². The highest BCUT2D eigenvalue weighted by Crippen LogP contribution is 2.37. The highest BCUT2D eigenvalue weighted by Gasteiger charge is 2.29. The van der Waals surface area contributed by atoms with Gasteiger partial charge >= 0.3 is 0 Å². The molecule has 1 heterocycles. The minimum atomic E-state index is -1.05. The minimum Gasteiger partial charge on any atom is -0.413 e. The van der Waals surface area contributed by atoms with Crippen LogP contribution in [0.25, 0.3) is 0 Å². The van der Waals surface area contributed by atoms with Crippen LogP contribution in [-0.4, -0.2) is 14.0 Å². The Morgan fingerprint density at radius 3 is 2.38 bits per heavy atom. The van der Waals surface area contributed by atoms with Crippen LogP contribution in [-0.2, 0) is 4.43 Å². The summed E-state index contributed by atoms with van der Waals surface area (Å²) in [5.74, 6) is 0. The maximum Gasteiger partial charge on any atom is 0.171 e. The van der Waals surface area contributed by atoms with Crippen molar-refractivity contribution in [1.82, 2.24) is 4.98 Å². The SMILES string of the molecule is Cc1ncccc1C(O[SiH](C)C)C(C)(C)C. The number of hydrogen-bond acceptors (Lipinski definition) is 2. The second kappa shape index (κ2) is 5.10. The molecule has 0 N–H and O–H groups in total. The van der Waals surface area contributed by atoms with E-state index >= 15 is 0 Å². The molecule has 0 aliphatic carbocycles. The second-order valence-corrected chi connectivity index (χ2v) is 7.98. The third-order valence-electron chi connectivity index (χ3n) is 2.53. The van der Waals surface area contributed by atoms with Gasteiger partial charge in [0, 0.05) is 17.5 Å². The molecule has 1 unspecified atom stereocenters. The zero-order valence-electron chi connectivity index (χ0n) is 11.2. The van der Waals surface area contributed by atoms with Gasteiger partial charge in [-0.15, -0.1) is 0 Å². The Hall–Kier alpha value is -0.673. The van der Waals surface area contributed by atoms with Gasteiger partial charge in [0.1, 0.15) is 0 Å². The highest BCUT2D eigenvalue weighted by atomic mass is 28.3. The Labute approximate surface area is 101 Å². The first-order valence-corrected chi connectivity index (χ1v) is 8.67. The smallest absolute Gasteiger partial charge is 0.171 e. The molecule has 1 atom stereocenters. The number of aromatic nitrogens is 1. The van der Waals surface area contributed by atoms with Crippen LogP contribution in [0.5, 0.6) is 0 Å². The van der Waals surface area contributed by atoms with Crippen molar-refractivity contribution in [2.45, 2.75) is 46.9 Å². The van der Waals surface area contributed by atoms with Crippen LogP contribution in [0, 0.1) is 12.3 Å². The average Bonchev–Trinajstić information content (AvgIpc) is 2.13. The van der Waals surface area contributed by atoms with Crippen molar-refractivity contribution < 1.29 is 4.43 Å². The average molecular weight is 237 g/mol. The van der Waals surface area contributed by atoms with Crippen LogP contribution in [0.1, 0.15) is 38.1 Å². The molecule has 0 aliphatic rings. The molecule has 0 amide bonds. The molecule has 0 saturated heterocycles. The van der Waals surface area contributed by atoms with Crippen molar-refractivity contribution in [2.75, 3.05) is 0 Å². The van der Waals surface area contributed by atoms with E-state index in [2.05, 4.69) is 51.8 Å². The monoisotopic (exact) mass is 237 g/mol. The van der Waals surface area contributed by atoms with Crippen LogP contribution < -0.4 is 0 Å². The largest absolute Gasteiger partial charge is 0.413 e. The van der Waals surface area contributed by atoms with Gasteiger partial charge in [-0.25, -0.2) is 0 Å². The normalized spacial score (nSPS) is 14.2. The zero-order valence-corrected chi connectivity index (χ0v) is 12.4. The fourth-order valence-electron chi connectivity index (χ4n) is 1.79. The van der Waals surface area contributed by atoms with E-state index in [-0.39, 0.29) is 11.5 Å². The molecule has 3 heteroatoms. The van der Waals surface area contributed by atoms with Gasteiger partial charge < -0.3 is 4.43 Å². The summed E-state index contributed by atoms with van der Waals surface area (Å²) in [4.78, 5) is 4.36.